The number of halogens is 1. The van der Waals surface area contributed by atoms with Crippen LogP contribution in [-0.4, -0.2) is 55.5 Å². The summed E-state index contributed by atoms with van der Waals surface area (Å²) >= 11 is 7.57. The number of methoxy groups -OCH3 is 1. The molecule has 0 aliphatic carbocycles. The van der Waals surface area contributed by atoms with Crippen molar-refractivity contribution in [3.8, 4) is 5.75 Å². The molecule has 0 spiro atoms. The summed E-state index contributed by atoms with van der Waals surface area (Å²) in [5, 5.41) is 12.1. The molecule has 2 aliphatic rings. The van der Waals surface area contributed by atoms with Crippen LogP contribution in [0, 0.1) is 10.1 Å². The lowest BCUT2D eigenvalue weighted by Crippen LogP contribution is -2.40. The minimum atomic E-state index is -0.920. The van der Waals surface area contributed by atoms with Crippen LogP contribution in [0.4, 0.5) is 11.4 Å². The number of allylic oxidation sites excluding steroid dienone is 1. The Kier molecular flexibility index (Phi) is 9.28. The fraction of sp³-hybridized carbons (Fsp3) is 0.367. The number of hydrogen-bond donors (Lipinski definition) is 0. The average molecular weight is 627 g/mol. The second-order valence-electron chi connectivity index (χ2n) is 9.90. The minimum Gasteiger partial charge on any atom is -0.496 e. The lowest BCUT2D eigenvalue weighted by Gasteiger charge is -2.30. The van der Waals surface area contributed by atoms with E-state index >= 15 is 0 Å². The van der Waals surface area contributed by atoms with Crippen molar-refractivity contribution >= 4 is 46.4 Å². The van der Waals surface area contributed by atoms with Crippen molar-refractivity contribution in [1.29, 1.82) is 0 Å². The Bertz CT molecular complexity index is 1780. The number of nitro groups is 1. The molecule has 1 aromatic heterocycles. The molecule has 2 aliphatic heterocycles. The summed E-state index contributed by atoms with van der Waals surface area (Å²) in [4.78, 5) is 46.2. The number of nitro benzene ring substituents is 1. The highest BCUT2D eigenvalue weighted by Crippen LogP contribution is 2.38. The van der Waals surface area contributed by atoms with Gasteiger partial charge in [0, 0.05) is 47.1 Å². The van der Waals surface area contributed by atoms with Gasteiger partial charge in [-0.1, -0.05) is 36.3 Å². The lowest BCUT2D eigenvalue weighted by atomic mass is 9.93. The van der Waals surface area contributed by atoms with E-state index < -0.39 is 22.5 Å². The van der Waals surface area contributed by atoms with Crippen LogP contribution in [0.3, 0.4) is 0 Å². The predicted octanol–water partition coefficient (Wildman–Crippen LogP) is 3.99. The SMILES string of the molecule is CCCC1=C(C(=O)OCC)[C@@H](c2cc(Cl)ccc2OC)n2c(s/c(=C/c3cc([N+](=O)[O-])ccc3N3CCOCC3)c2=O)=N1. The third-order valence-corrected chi connectivity index (χ3v) is 8.46. The van der Waals surface area contributed by atoms with Crippen LogP contribution in [0.25, 0.3) is 6.08 Å². The van der Waals surface area contributed by atoms with Gasteiger partial charge in [0.2, 0.25) is 0 Å². The van der Waals surface area contributed by atoms with E-state index in [9.17, 15) is 19.7 Å². The highest BCUT2D eigenvalue weighted by Gasteiger charge is 2.36. The molecule has 0 saturated carbocycles. The number of rotatable bonds is 9. The number of fused-ring (bicyclic) bond motifs is 1. The molecule has 1 atom stereocenters. The van der Waals surface area contributed by atoms with E-state index in [1.54, 1.807) is 37.3 Å². The smallest absolute Gasteiger partial charge is 0.338 e. The van der Waals surface area contributed by atoms with Crippen LogP contribution in [0.15, 0.2) is 57.5 Å². The van der Waals surface area contributed by atoms with E-state index in [1.165, 1.54) is 23.8 Å². The maximum Gasteiger partial charge on any atom is 0.338 e. The highest BCUT2D eigenvalue weighted by molar-refractivity contribution is 7.07. The number of carbonyl (C=O) groups excluding carboxylic acids is 1. The number of ether oxygens (including phenoxy) is 3. The van der Waals surface area contributed by atoms with Gasteiger partial charge in [0.25, 0.3) is 11.2 Å². The fourth-order valence-electron chi connectivity index (χ4n) is 5.34. The summed E-state index contributed by atoms with van der Waals surface area (Å²) < 4.78 is 18.4. The second kappa shape index (κ2) is 13.1. The molecule has 13 heteroatoms. The summed E-state index contributed by atoms with van der Waals surface area (Å²) in [6.07, 6.45) is 2.83. The largest absolute Gasteiger partial charge is 0.496 e. The van der Waals surface area contributed by atoms with Gasteiger partial charge in [-0.05, 0) is 43.7 Å². The summed E-state index contributed by atoms with van der Waals surface area (Å²) in [5.74, 6) is -0.138. The summed E-state index contributed by atoms with van der Waals surface area (Å²) in [6.45, 7) is 6.10. The van der Waals surface area contributed by atoms with Crippen molar-refractivity contribution < 1.29 is 23.9 Å². The Morgan fingerprint density at radius 2 is 2.00 bits per heavy atom. The quantitative estimate of drug-likeness (QED) is 0.198. The van der Waals surface area contributed by atoms with Crippen molar-refractivity contribution in [3.05, 3.63) is 93.6 Å². The van der Waals surface area contributed by atoms with Crippen molar-refractivity contribution in [2.75, 3.05) is 44.9 Å². The Labute approximate surface area is 256 Å². The standard InChI is InChI=1S/C30H31ClN4O7S/c1-4-6-22-26(29(37)42-5-2)27(21-17-19(31)7-10-24(21)40-3)34-28(36)25(43-30(34)32-22)16-18-15-20(35(38)39)8-9-23(18)33-11-13-41-14-12-33/h7-10,15-17,27H,4-6,11-14H2,1-3H3/b25-16+/t27-/m1/s1. The molecule has 2 aromatic carbocycles. The van der Waals surface area contributed by atoms with Crippen LogP contribution < -0.4 is 24.5 Å². The molecule has 43 heavy (non-hydrogen) atoms. The zero-order chi connectivity index (χ0) is 30.7. The number of thiazole rings is 1. The van der Waals surface area contributed by atoms with Crippen LogP contribution in [0.2, 0.25) is 5.02 Å². The second-order valence-corrected chi connectivity index (χ2v) is 11.3. The predicted molar refractivity (Wildman–Crippen MR) is 164 cm³/mol. The van der Waals surface area contributed by atoms with Gasteiger partial charge in [0.05, 0.1) is 47.7 Å². The summed E-state index contributed by atoms with van der Waals surface area (Å²) in [5.41, 5.74) is 2.06. The van der Waals surface area contributed by atoms with E-state index in [1.807, 2.05) is 6.92 Å². The molecule has 226 valence electrons. The first-order chi connectivity index (χ1) is 20.8. The molecule has 0 N–H and O–H groups in total. The molecular weight excluding hydrogens is 596 g/mol. The highest BCUT2D eigenvalue weighted by atomic mass is 35.5. The normalized spacial score (nSPS) is 17.0. The molecule has 1 fully saturated rings. The molecule has 1 saturated heterocycles. The minimum absolute atomic E-state index is 0.0904. The molecule has 0 unspecified atom stereocenters. The van der Waals surface area contributed by atoms with Gasteiger partial charge in [-0.3, -0.25) is 19.5 Å². The van der Waals surface area contributed by atoms with E-state index in [4.69, 9.17) is 30.8 Å². The first-order valence-corrected chi connectivity index (χ1v) is 15.1. The van der Waals surface area contributed by atoms with Crippen molar-refractivity contribution in [1.82, 2.24) is 4.57 Å². The topological polar surface area (TPSA) is 125 Å². The number of esters is 1. The number of carbonyl (C=O) groups is 1. The number of nitrogens with zero attached hydrogens (tertiary/aromatic N) is 4. The monoisotopic (exact) mass is 626 g/mol. The lowest BCUT2D eigenvalue weighted by molar-refractivity contribution is -0.384. The molecule has 3 aromatic rings. The van der Waals surface area contributed by atoms with Crippen LogP contribution in [0.5, 0.6) is 5.75 Å². The maximum atomic E-state index is 14.2. The van der Waals surface area contributed by atoms with Gasteiger partial charge in [0.15, 0.2) is 4.80 Å². The van der Waals surface area contributed by atoms with Gasteiger partial charge in [0.1, 0.15) is 11.8 Å². The molecular formula is C30H31ClN4O7S. The molecule has 0 radical (unpaired) electrons. The van der Waals surface area contributed by atoms with Crippen molar-refractivity contribution in [3.63, 3.8) is 0 Å². The van der Waals surface area contributed by atoms with Crippen LogP contribution in [0.1, 0.15) is 43.9 Å². The van der Waals surface area contributed by atoms with E-state index in [-0.39, 0.29) is 17.9 Å². The number of non-ortho nitro benzene ring substituents is 1. The third-order valence-electron chi connectivity index (χ3n) is 7.24. The summed E-state index contributed by atoms with van der Waals surface area (Å²) in [7, 11) is 1.51. The zero-order valence-electron chi connectivity index (χ0n) is 24.0. The van der Waals surface area contributed by atoms with Gasteiger partial charge in [-0.25, -0.2) is 9.79 Å². The first kappa shape index (κ1) is 30.5. The number of hydrogen-bond acceptors (Lipinski definition) is 10. The molecule has 11 nitrogen and oxygen atoms in total. The summed E-state index contributed by atoms with van der Waals surface area (Å²) in [6, 6.07) is 8.73. The Hall–Kier alpha value is -4.00. The molecule has 3 heterocycles. The van der Waals surface area contributed by atoms with Crippen molar-refractivity contribution in [2.45, 2.75) is 32.7 Å². The Balaban J connectivity index is 1.79. The van der Waals surface area contributed by atoms with Gasteiger partial charge in [-0.15, -0.1) is 0 Å². The molecule has 0 bridgehead atoms. The van der Waals surface area contributed by atoms with E-state index in [2.05, 4.69) is 4.90 Å². The number of aromatic nitrogens is 1. The average Bonchev–Trinajstić information content (AvgIpc) is 3.31. The first-order valence-electron chi connectivity index (χ1n) is 13.9. The van der Waals surface area contributed by atoms with E-state index in [0.717, 1.165) is 17.0 Å². The van der Waals surface area contributed by atoms with Crippen LogP contribution in [-0.2, 0) is 14.3 Å². The fourth-order valence-corrected chi connectivity index (χ4v) is 6.53. The maximum absolute atomic E-state index is 14.2. The Morgan fingerprint density at radius 3 is 2.67 bits per heavy atom. The third kappa shape index (κ3) is 6.08. The number of benzene rings is 2. The Morgan fingerprint density at radius 1 is 1.23 bits per heavy atom. The van der Waals surface area contributed by atoms with Crippen LogP contribution >= 0.6 is 22.9 Å². The van der Waals surface area contributed by atoms with Gasteiger partial charge >= 0.3 is 5.97 Å². The molecule has 5 rings (SSSR count). The van der Waals surface area contributed by atoms with Gasteiger partial charge < -0.3 is 19.1 Å². The molecule has 0 amide bonds. The number of anilines is 1. The van der Waals surface area contributed by atoms with Crippen molar-refractivity contribution in [2.24, 2.45) is 4.99 Å². The van der Waals surface area contributed by atoms with Gasteiger partial charge in [-0.2, -0.15) is 0 Å². The zero-order valence-corrected chi connectivity index (χ0v) is 25.6. The van der Waals surface area contributed by atoms with E-state index in [0.29, 0.717) is 76.1 Å². The number of morpholine rings is 1.